The van der Waals surface area contributed by atoms with Crippen LogP contribution in [0.4, 0.5) is 4.79 Å². The summed E-state index contributed by atoms with van der Waals surface area (Å²) in [6.07, 6.45) is -8.24. The number of nitrogens with zero attached hydrogens (tertiary/aromatic N) is 1. The number of rotatable bonds is 5. The molecule has 3 aliphatic heterocycles. The summed E-state index contributed by atoms with van der Waals surface area (Å²) in [5, 5.41) is 43.2. The summed E-state index contributed by atoms with van der Waals surface area (Å²) in [6.45, 7) is 9.97. The summed E-state index contributed by atoms with van der Waals surface area (Å²) < 4.78 is 28.6. The molecule has 0 aliphatic carbocycles. The number of hydrogen-bond donors (Lipinski definition) is 4. The second kappa shape index (κ2) is 15.4. The molecule has 3 rings (SSSR count). The van der Waals surface area contributed by atoms with Crippen molar-refractivity contribution >= 4 is 17.9 Å². The van der Waals surface area contributed by atoms with Crippen molar-refractivity contribution < 1.29 is 58.5 Å². The van der Waals surface area contributed by atoms with Gasteiger partial charge in [-0.25, -0.2) is 4.79 Å². The van der Waals surface area contributed by atoms with Gasteiger partial charge in [-0.15, -0.1) is 0 Å². The van der Waals surface area contributed by atoms with Crippen LogP contribution in [0.25, 0.3) is 0 Å². The van der Waals surface area contributed by atoms with E-state index in [1.807, 2.05) is 6.92 Å². The minimum atomic E-state index is -1.25. The standard InChI is InChI=1S/C31H51NO12/c1-9-21-19(13-33)11-16(4)28-29(44-31(39)43-28)24(36)14(2)10-15(3)27(17(5)20(34)12-22(35)41-21)42-30-26(38)23(32(7)8)25(37)18(6)40-30/h11,14-15,17-21,23,25-30,33-34,37-38H,9-10,12-13H2,1-8H3/b16-11+/t14-,15+,17+,18?,19-,20-,21-,23?,25?,26?,27+,28?,29?,30?/m1/s1. The number of esters is 1. The van der Waals surface area contributed by atoms with Crippen molar-refractivity contribution in [2.75, 3.05) is 20.7 Å². The van der Waals surface area contributed by atoms with E-state index in [1.54, 1.807) is 59.7 Å². The monoisotopic (exact) mass is 629 g/mol. The largest absolute Gasteiger partial charge is 0.509 e. The highest BCUT2D eigenvalue weighted by atomic mass is 16.8. The number of aliphatic hydroxyl groups excluding tert-OH is 4. The van der Waals surface area contributed by atoms with Gasteiger partial charge in [-0.05, 0) is 52.3 Å². The number of carbonyl (C=O) groups is 3. The molecule has 0 bridgehead atoms. The van der Waals surface area contributed by atoms with Crippen LogP contribution in [0.1, 0.15) is 60.8 Å². The van der Waals surface area contributed by atoms with Gasteiger partial charge < -0.3 is 49.0 Å². The number of hydrogen-bond acceptors (Lipinski definition) is 13. The number of fused-ring (bicyclic) bond motifs is 1. The van der Waals surface area contributed by atoms with Crippen LogP contribution in [0.15, 0.2) is 11.6 Å². The molecule has 0 aromatic carbocycles. The quantitative estimate of drug-likeness (QED) is 0.252. The van der Waals surface area contributed by atoms with E-state index in [2.05, 4.69) is 0 Å². The normalized spacial score (nSPS) is 44.3. The maximum Gasteiger partial charge on any atom is 0.509 e. The Morgan fingerprint density at radius 2 is 1.61 bits per heavy atom. The van der Waals surface area contributed by atoms with Gasteiger partial charge in [-0.1, -0.05) is 33.8 Å². The number of ether oxygens (including phenoxy) is 5. The van der Waals surface area contributed by atoms with E-state index >= 15 is 0 Å². The summed E-state index contributed by atoms with van der Waals surface area (Å²) in [5.74, 6) is -3.46. The first-order chi connectivity index (χ1) is 20.6. The molecule has 13 nitrogen and oxygen atoms in total. The molecule has 4 N–H and O–H groups in total. The van der Waals surface area contributed by atoms with Crippen molar-refractivity contribution in [2.45, 2.75) is 122 Å². The molecule has 0 saturated carbocycles. The molecule has 0 radical (unpaired) electrons. The fraction of sp³-hybridized carbons (Fsp3) is 0.839. The molecule has 2 saturated heterocycles. The number of ketones is 1. The summed E-state index contributed by atoms with van der Waals surface area (Å²) >= 11 is 0. The third kappa shape index (κ3) is 8.17. The van der Waals surface area contributed by atoms with Gasteiger partial charge in [0, 0.05) is 17.8 Å². The second-order valence-corrected chi connectivity index (χ2v) is 12.9. The van der Waals surface area contributed by atoms with Crippen LogP contribution in [0.3, 0.4) is 0 Å². The molecule has 7 unspecified atom stereocenters. The molecule has 3 aliphatic rings. The van der Waals surface area contributed by atoms with Crippen molar-refractivity contribution in [3.05, 3.63) is 11.6 Å². The van der Waals surface area contributed by atoms with E-state index < -0.39 is 97.0 Å². The molecule has 44 heavy (non-hydrogen) atoms. The lowest BCUT2D eigenvalue weighted by molar-refractivity contribution is -0.303. The first kappa shape index (κ1) is 36.3. The van der Waals surface area contributed by atoms with E-state index in [0.29, 0.717) is 12.0 Å². The zero-order valence-corrected chi connectivity index (χ0v) is 27.0. The van der Waals surface area contributed by atoms with Crippen molar-refractivity contribution in [1.29, 1.82) is 0 Å². The minimum Gasteiger partial charge on any atom is -0.462 e. The van der Waals surface area contributed by atoms with Gasteiger partial charge in [0.1, 0.15) is 12.2 Å². The van der Waals surface area contributed by atoms with Gasteiger partial charge in [0.05, 0.1) is 43.5 Å². The van der Waals surface area contributed by atoms with Gasteiger partial charge >= 0.3 is 12.1 Å². The van der Waals surface area contributed by atoms with E-state index in [4.69, 9.17) is 23.7 Å². The lowest BCUT2D eigenvalue weighted by Crippen LogP contribution is -2.63. The molecular weight excluding hydrogens is 578 g/mol. The van der Waals surface area contributed by atoms with E-state index in [0.717, 1.165) is 0 Å². The zero-order chi connectivity index (χ0) is 33.0. The fourth-order valence-corrected chi connectivity index (χ4v) is 6.63. The molecule has 0 aromatic heterocycles. The van der Waals surface area contributed by atoms with Crippen LogP contribution in [0.2, 0.25) is 0 Å². The molecular formula is C31H51NO12. The Kier molecular flexibility index (Phi) is 12.8. The first-order valence-electron chi connectivity index (χ1n) is 15.5. The lowest BCUT2D eigenvalue weighted by atomic mass is 9.81. The summed E-state index contributed by atoms with van der Waals surface area (Å²) in [7, 11) is 3.45. The van der Waals surface area contributed by atoms with Gasteiger partial charge in [-0.2, -0.15) is 0 Å². The van der Waals surface area contributed by atoms with Crippen molar-refractivity contribution in [1.82, 2.24) is 4.90 Å². The van der Waals surface area contributed by atoms with Gasteiger partial charge in [-0.3, -0.25) is 9.59 Å². The second-order valence-electron chi connectivity index (χ2n) is 12.9. The minimum absolute atomic E-state index is 0.240. The molecule has 2 fully saturated rings. The highest BCUT2D eigenvalue weighted by Crippen LogP contribution is 2.34. The molecule has 3 heterocycles. The summed E-state index contributed by atoms with van der Waals surface area (Å²) in [5.41, 5.74) is 0.472. The average molecular weight is 630 g/mol. The van der Waals surface area contributed by atoms with Crippen molar-refractivity contribution in [2.24, 2.45) is 23.7 Å². The molecule has 13 heteroatoms. The van der Waals surface area contributed by atoms with Gasteiger partial charge in [0.15, 0.2) is 18.2 Å². The van der Waals surface area contributed by atoms with Crippen molar-refractivity contribution in [3.8, 4) is 0 Å². The van der Waals surface area contributed by atoms with Crippen LogP contribution in [-0.4, -0.2) is 125 Å². The topological polar surface area (TPSA) is 182 Å². The smallest absolute Gasteiger partial charge is 0.462 e. The van der Waals surface area contributed by atoms with E-state index in [1.165, 1.54) is 0 Å². The van der Waals surface area contributed by atoms with Gasteiger partial charge in [0.2, 0.25) is 6.10 Å². The molecule has 0 aromatic rings. The number of aliphatic hydroxyl groups is 4. The average Bonchev–Trinajstić information content (AvgIpc) is 3.35. The summed E-state index contributed by atoms with van der Waals surface area (Å²) in [6, 6.07) is -0.698. The Bertz CT molecular complexity index is 1040. The number of Topliss-reactive ketones (excluding diaryl/α,β-unsaturated/α-hetero) is 1. The Labute approximate surface area is 259 Å². The maximum absolute atomic E-state index is 13.7. The van der Waals surface area contributed by atoms with E-state index in [-0.39, 0.29) is 25.2 Å². The summed E-state index contributed by atoms with van der Waals surface area (Å²) in [4.78, 5) is 40.6. The third-order valence-corrected chi connectivity index (χ3v) is 9.27. The van der Waals surface area contributed by atoms with Crippen LogP contribution in [0.5, 0.6) is 0 Å². The van der Waals surface area contributed by atoms with Crippen molar-refractivity contribution in [3.63, 3.8) is 0 Å². The predicted molar refractivity (Wildman–Crippen MR) is 156 cm³/mol. The third-order valence-electron chi connectivity index (χ3n) is 9.27. The Balaban J connectivity index is 1.99. The Morgan fingerprint density at radius 1 is 0.977 bits per heavy atom. The molecule has 14 atom stereocenters. The number of carbonyl (C=O) groups excluding carboxylic acids is 3. The highest BCUT2D eigenvalue weighted by molar-refractivity contribution is 5.89. The van der Waals surface area contributed by atoms with Crippen LogP contribution in [-0.2, 0) is 33.3 Å². The molecule has 0 spiro atoms. The fourth-order valence-electron chi connectivity index (χ4n) is 6.63. The van der Waals surface area contributed by atoms with Crippen LogP contribution >= 0.6 is 0 Å². The number of cyclic esters (lactones) is 1. The van der Waals surface area contributed by atoms with Crippen LogP contribution < -0.4 is 0 Å². The maximum atomic E-state index is 13.7. The Morgan fingerprint density at radius 3 is 2.20 bits per heavy atom. The molecule has 0 amide bonds. The Hall–Kier alpha value is -2.13. The number of likely N-dealkylation sites (N-methyl/N-ethyl adjacent to an activating group) is 1. The highest BCUT2D eigenvalue weighted by Gasteiger charge is 2.48. The van der Waals surface area contributed by atoms with E-state index in [9.17, 15) is 34.8 Å². The SMILES string of the molecule is CC[C@H]1OC(=O)C[C@@H](O)[C@H](C)[C@@H](OC2OC(C)C(O)C(N(C)C)C2O)[C@@H](C)C[C@@H](C)C(=O)C2OC(=O)OC2/C(C)=C/[C@@H]1CO. The predicted octanol–water partition coefficient (Wildman–Crippen LogP) is 1.18. The van der Waals surface area contributed by atoms with Crippen LogP contribution in [0, 0.1) is 23.7 Å². The first-order valence-corrected chi connectivity index (χ1v) is 15.5. The zero-order valence-electron chi connectivity index (χ0n) is 27.0. The lowest BCUT2D eigenvalue weighted by Gasteiger charge is -2.46. The van der Waals surface area contributed by atoms with Gasteiger partial charge in [0.25, 0.3) is 0 Å². The molecule has 252 valence electrons.